The van der Waals surface area contributed by atoms with Crippen LogP contribution in [0.3, 0.4) is 0 Å². The summed E-state index contributed by atoms with van der Waals surface area (Å²) in [6, 6.07) is 7.78. The molecular weight excluding hydrogens is 268 g/mol. The van der Waals surface area contributed by atoms with Gasteiger partial charge in [0.25, 0.3) is 0 Å². The van der Waals surface area contributed by atoms with E-state index in [9.17, 15) is 9.59 Å². The normalized spacial score (nSPS) is 11.0. The van der Waals surface area contributed by atoms with Gasteiger partial charge in [0.15, 0.2) is 0 Å². The zero-order valence-electron chi connectivity index (χ0n) is 13.0. The van der Waals surface area contributed by atoms with E-state index in [0.29, 0.717) is 0 Å². The van der Waals surface area contributed by atoms with Crippen LogP contribution in [0.25, 0.3) is 6.08 Å². The van der Waals surface area contributed by atoms with E-state index in [4.69, 9.17) is 0 Å². The molecule has 0 saturated heterocycles. The molecular formula is C16H22N2O3. The Morgan fingerprint density at radius 3 is 2.19 bits per heavy atom. The number of rotatable bonds is 6. The predicted molar refractivity (Wildman–Crippen MR) is 83.8 cm³/mol. The maximum Gasteiger partial charge on any atom is 0.354 e. The second-order valence-corrected chi connectivity index (χ2v) is 4.49. The molecule has 0 atom stereocenters. The number of carbonyl (C=O) groups excluding carboxylic acids is 2. The van der Waals surface area contributed by atoms with Crippen molar-refractivity contribution in [2.75, 3.05) is 25.1 Å². The summed E-state index contributed by atoms with van der Waals surface area (Å²) in [5.41, 5.74) is 2.07. The highest BCUT2D eigenvalue weighted by Crippen LogP contribution is 2.16. The quantitative estimate of drug-likeness (QED) is 0.644. The third-order valence-corrected chi connectivity index (χ3v) is 3.05. The Hall–Kier alpha value is -2.30. The zero-order valence-corrected chi connectivity index (χ0v) is 13.0. The molecule has 1 amide bonds. The molecule has 5 heteroatoms. The van der Waals surface area contributed by atoms with Gasteiger partial charge in [-0.15, -0.1) is 0 Å². The van der Waals surface area contributed by atoms with Gasteiger partial charge in [0.1, 0.15) is 5.70 Å². The van der Waals surface area contributed by atoms with Crippen molar-refractivity contribution in [1.29, 1.82) is 0 Å². The average Bonchev–Trinajstić information content (AvgIpc) is 2.48. The van der Waals surface area contributed by atoms with Crippen molar-refractivity contribution in [2.45, 2.75) is 20.8 Å². The van der Waals surface area contributed by atoms with Crippen molar-refractivity contribution < 1.29 is 14.3 Å². The molecule has 0 fully saturated rings. The molecule has 0 radical (unpaired) electrons. The Morgan fingerprint density at radius 1 is 1.19 bits per heavy atom. The molecule has 0 heterocycles. The fourth-order valence-corrected chi connectivity index (χ4v) is 1.98. The van der Waals surface area contributed by atoms with Crippen molar-refractivity contribution in [3.05, 3.63) is 35.5 Å². The molecule has 5 nitrogen and oxygen atoms in total. The Kier molecular flexibility index (Phi) is 6.46. The molecule has 0 aromatic heterocycles. The Morgan fingerprint density at radius 2 is 1.76 bits per heavy atom. The number of anilines is 1. The first-order valence-electron chi connectivity index (χ1n) is 6.94. The monoisotopic (exact) mass is 290 g/mol. The van der Waals surface area contributed by atoms with Gasteiger partial charge in [-0.25, -0.2) is 4.79 Å². The number of hydrogen-bond donors (Lipinski definition) is 1. The molecule has 0 bridgehead atoms. The largest absolute Gasteiger partial charge is 0.464 e. The van der Waals surface area contributed by atoms with E-state index < -0.39 is 5.97 Å². The van der Waals surface area contributed by atoms with Crippen molar-refractivity contribution in [2.24, 2.45) is 0 Å². The van der Waals surface area contributed by atoms with Crippen LogP contribution in [0.1, 0.15) is 26.3 Å². The lowest BCUT2D eigenvalue weighted by Crippen LogP contribution is -2.25. The molecule has 114 valence electrons. The minimum Gasteiger partial charge on any atom is -0.464 e. The van der Waals surface area contributed by atoms with Gasteiger partial charge in [-0.2, -0.15) is 0 Å². The predicted octanol–water partition coefficient (Wildman–Crippen LogP) is 2.18. The molecule has 0 aliphatic heterocycles. The van der Waals surface area contributed by atoms with E-state index in [1.54, 1.807) is 6.08 Å². The lowest BCUT2D eigenvalue weighted by molar-refractivity contribution is -0.137. The zero-order chi connectivity index (χ0) is 15.8. The van der Waals surface area contributed by atoms with Crippen molar-refractivity contribution >= 4 is 23.6 Å². The van der Waals surface area contributed by atoms with Crippen LogP contribution in [0.4, 0.5) is 5.69 Å². The summed E-state index contributed by atoms with van der Waals surface area (Å²) in [6.45, 7) is 7.42. The van der Waals surface area contributed by atoms with Gasteiger partial charge >= 0.3 is 5.97 Å². The van der Waals surface area contributed by atoms with E-state index in [1.165, 1.54) is 14.0 Å². The highest BCUT2D eigenvalue weighted by molar-refractivity contribution is 5.97. The number of nitrogens with zero attached hydrogens (tertiary/aromatic N) is 1. The third kappa shape index (κ3) is 4.95. The third-order valence-electron chi connectivity index (χ3n) is 3.05. The van der Waals surface area contributed by atoms with Crippen LogP contribution in [0.5, 0.6) is 0 Å². The number of amides is 1. The summed E-state index contributed by atoms with van der Waals surface area (Å²) in [7, 11) is 1.28. The van der Waals surface area contributed by atoms with Crippen LogP contribution in [0, 0.1) is 0 Å². The molecule has 0 unspecified atom stereocenters. The fraction of sp³-hybridized carbons (Fsp3) is 0.375. The number of ether oxygens (including phenoxy) is 1. The number of benzene rings is 1. The van der Waals surface area contributed by atoms with Crippen molar-refractivity contribution in [1.82, 2.24) is 5.32 Å². The first kappa shape index (κ1) is 16.8. The van der Waals surface area contributed by atoms with Crippen LogP contribution in [0.2, 0.25) is 0 Å². The first-order chi connectivity index (χ1) is 10.0. The maximum atomic E-state index is 11.6. The second kappa shape index (κ2) is 8.09. The van der Waals surface area contributed by atoms with Crippen molar-refractivity contribution in [3.63, 3.8) is 0 Å². The summed E-state index contributed by atoms with van der Waals surface area (Å²) >= 11 is 0. The average molecular weight is 290 g/mol. The molecule has 21 heavy (non-hydrogen) atoms. The standard InChI is InChI=1S/C16H22N2O3/c1-5-18(6-2)14-9-7-13(8-10-14)11-15(16(20)21-4)17-12(3)19/h7-11H,5-6H2,1-4H3,(H,17,19)/b15-11-. The minimum absolute atomic E-state index is 0.126. The van der Waals surface area contributed by atoms with Crippen molar-refractivity contribution in [3.8, 4) is 0 Å². The Balaban J connectivity index is 3.00. The Labute approximate surface area is 125 Å². The van der Waals surface area contributed by atoms with Crippen LogP contribution in [-0.2, 0) is 14.3 Å². The molecule has 1 aromatic rings. The van der Waals surface area contributed by atoms with Gasteiger partial charge in [-0.1, -0.05) is 12.1 Å². The number of nitrogens with one attached hydrogen (secondary N) is 1. The van der Waals surface area contributed by atoms with Crippen LogP contribution < -0.4 is 10.2 Å². The van der Waals surface area contributed by atoms with E-state index in [1.807, 2.05) is 24.3 Å². The lowest BCUT2D eigenvalue weighted by atomic mass is 10.1. The molecule has 0 spiro atoms. The van der Waals surface area contributed by atoms with Crippen LogP contribution in [0.15, 0.2) is 30.0 Å². The maximum absolute atomic E-state index is 11.6. The summed E-state index contributed by atoms with van der Waals surface area (Å²) in [5, 5.41) is 2.48. The molecule has 1 rings (SSSR count). The van der Waals surface area contributed by atoms with E-state index >= 15 is 0 Å². The van der Waals surface area contributed by atoms with E-state index in [-0.39, 0.29) is 11.6 Å². The molecule has 0 aliphatic carbocycles. The van der Waals surface area contributed by atoms with Gasteiger partial charge in [0, 0.05) is 25.7 Å². The van der Waals surface area contributed by atoms with Gasteiger partial charge < -0.3 is 15.0 Å². The van der Waals surface area contributed by atoms with Gasteiger partial charge in [-0.05, 0) is 37.6 Å². The summed E-state index contributed by atoms with van der Waals surface area (Å²) in [4.78, 5) is 25.0. The fourth-order valence-electron chi connectivity index (χ4n) is 1.98. The molecule has 0 aliphatic rings. The smallest absolute Gasteiger partial charge is 0.354 e. The lowest BCUT2D eigenvalue weighted by Gasteiger charge is -2.20. The number of hydrogen-bond acceptors (Lipinski definition) is 4. The summed E-state index contributed by atoms with van der Waals surface area (Å²) in [5.74, 6) is -0.885. The Bertz CT molecular complexity index is 517. The van der Waals surface area contributed by atoms with Gasteiger partial charge in [-0.3, -0.25) is 4.79 Å². The summed E-state index contributed by atoms with van der Waals surface area (Å²) in [6.07, 6.45) is 1.60. The van der Waals surface area contributed by atoms with Crippen LogP contribution >= 0.6 is 0 Å². The highest BCUT2D eigenvalue weighted by Gasteiger charge is 2.11. The van der Waals surface area contributed by atoms with E-state index in [0.717, 1.165) is 24.3 Å². The van der Waals surface area contributed by atoms with Crippen LogP contribution in [-0.4, -0.2) is 32.1 Å². The number of esters is 1. The molecule has 0 saturated carbocycles. The topological polar surface area (TPSA) is 58.6 Å². The minimum atomic E-state index is -0.571. The van der Waals surface area contributed by atoms with Gasteiger partial charge in [0.05, 0.1) is 7.11 Å². The SMILES string of the molecule is CCN(CC)c1ccc(/C=C(\NC(C)=O)C(=O)OC)cc1. The molecule has 1 aromatic carbocycles. The summed E-state index contributed by atoms with van der Waals surface area (Å²) < 4.78 is 4.65. The highest BCUT2D eigenvalue weighted by atomic mass is 16.5. The first-order valence-corrected chi connectivity index (χ1v) is 6.94. The number of methoxy groups -OCH3 is 1. The number of carbonyl (C=O) groups is 2. The second-order valence-electron chi connectivity index (χ2n) is 4.49. The molecule has 1 N–H and O–H groups in total. The van der Waals surface area contributed by atoms with Gasteiger partial charge in [0.2, 0.25) is 5.91 Å². The van der Waals surface area contributed by atoms with E-state index in [2.05, 4.69) is 28.8 Å².